The number of carbonyl (C=O) groups is 1. The first-order valence-electron chi connectivity index (χ1n) is 7.67. The molecule has 0 fully saturated rings. The van der Waals surface area contributed by atoms with Gasteiger partial charge in [-0.3, -0.25) is 19.8 Å². The predicted molar refractivity (Wildman–Crippen MR) is 96.4 cm³/mol. The van der Waals surface area contributed by atoms with Crippen LogP contribution in [0.3, 0.4) is 0 Å². The Bertz CT molecular complexity index is 716. The van der Waals surface area contributed by atoms with Crippen LogP contribution in [0.25, 0.3) is 0 Å². The summed E-state index contributed by atoms with van der Waals surface area (Å²) in [7, 11) is 1.98. The van der Waals surface area contributed by atoms with Crippen molar-refractivity contribution >= 4 is 28.6 Å². The molecule has 0 aliphatic heterocycles. The highest BCUT2D eigenvalue weighted by Crippen LogP contribution is 2.26. The lowest BCUT2D eigenvalue weighted by Gasteiger charge is -2.23. The summed E-state index contributed by atoms with van der Waals surface area (Å²) in [4.78, 5) is 26.0. The van der Waals surface area contributed by atoms with Crippen molar-refractivity contribution in [1.29, 1.82) is 0 Å². The van der Waals surface area contributed by atoms with E-state index in [2.05, 4.69) is 23.2 Å². The minimum atomic E-state index is -0.443. The summed E-state index contributed by atoms with van der Waals surface area (Å²) < 4.78 is 0. The van der Waals surface area contributed by atoms with Gasteiger partial charge < -0.3 is 5.32 Å². The standard InChI is InChI=1S/C17H21N3O3S/c1-12-14(6-4-7-15(12)20(22)23)18-17(21)9-10-19(3)13(2)16-8-5-11-24-16/h4-8,11,13H,9-10H2,1-3H3,(H,18,21)/t13-/m0/s1. The fraction of sp³-hybridized carbons (Fsp3) is 0.353. The lowest BCUT2D eigenvalue weighted by atomic mass is 10.1. The first-order valence-corrected chi connectivity index (χ1v) is 8.55. The third-order valence-electron chi connectivity index (χ3n) is 4.08. The van der Waals surface area contributed by atoms with E-state index in [9.17, 15) is 14.9 Å². The van der Waals surface area contributed by atoms with E-state index in [1.54, 1.807) is 30.4 Å². The van der Waals surface area contributed by atoms with Crippen LogP contribution in [0.15, 0.2) is 35.7 Å². The molecule has 0 radical (unpaired) electrons. The van der Waals surface area contributed by atoms with E-state index in [-0.39, 0.29) is 17.6 Å². The predicted octanol–water partition coefficient (Wildman–Crippen LogP) is 3.99. The van der Waals surface area contributed by atoms with Gasteiger partial charge in [-0.2, -0.15) is 0 Å². The Balaban J connectivity index is 1.92. The number of rotatable bonds is 7. The van der Waals surface area contributed by atoms with Gasteiger partial charge in [0, 0.05) is 30.0 Å². The summed E-state index contributed by atoms with van der Waals surface area (Å²) in [6, 6.07) is 9.03. The van der Waals surface area contributed by atoms with Gasteiger partial charge in [0.15, 0.2) is 0 Å². The van der Waals surface area contributed by atoms with Gasteiger partial charge in [-0.15, -0.1) is 11.3 Å². The molecule has 0 aliphatic carbocycles. The van der Waals surface area contributed by atoms with Crippen molar-refractivity contribution in [3.8, 4) is 0 Å². The molecule has 0 aliphatic rings. The lowest BCUT2D eigenvalue weighted by molar-refractivity contribution is -0.385. The van der Waals surface area contributed by atoms with E-state index in [1.807, 2.05) is 18.5 Å². The number of nitrogens with one attached hydrogen (secondary N) is 1. The maximum atomic E-state index is 12.2. The highest BCUT2D eigenvalue weighted by Gasteiger charge is 2.16. The summed E-state index contributed by atoms with van der Waals surface area (Å²) in [5.74, 6) is -0.149. The summed E-state index contributed by atoms with van der Waals surface area (Å²) in [6.07, 6.45) is 0.328. The van der Waals surface area contributed by atoms with Gasteiger partial charge in [0.1, 0.15) is 0 Å². The zero-order valence-corrected chi connectivity index (χ0v) is 14.8. The monoisotopic (exact) mass is 347 g/mol. The maximum Gasteiger partial charge on any atom is 0.274 e. The number of benzene rings is 1. The summed E-state index contributed by atoms with van der Waals surface area (Å²) >= 11 is 1.70. The molecule has 1 aromatic heterocycles. The van der Waals surface area contributed by atoms with Crippen LogP contribution in [0.2, 0.25) is 0 Å². The fourth-order valence-corrected chi connectivity index (χ4v) is 3.24. The Kier molecular flexibility index (Phi) is 6.05. The number of nitrogens with zero attached hydrogens (tertiary/aromatic N) is 2. The van der Waals surface area contributed by atoms with Gasteiger partial charge in [-0.05, 0) is 38.4 Å². The molecule has 0 saturated heterocycles. The highest BCUT2D eigenvalue weighted by atomic mass is 32.1. The molecule has 0 saturated carbocycles. The Labute approximate surface area is 145 Å². The molecular weight excluding hydrogens is 326 g/mol. The van der Waals surface area contributed by atoms with Crippen molar-refractivity contribution in [2.75, 3.05) is 18.9 Å². The van der Waals surface area contributed by atoms with Crippen molar-refractivity contribution in [2.24, 2.45) is 0 Å². The van der Waals surface area contributed by atoms with Gasteiger partial charge in [0.25, 0.3) is 5.69 Å². The van der Waals surface area contributed by atoms with Crippen molar-refractivity contribution in [3.63, 3.8) is 0 Å². The van der Waals surface area contributed by atoms with Crippen molar-refractivity contribution in [2.45, 2.75) is 26.3 Å². The van der Waals surface area contributed by atoms with Crippen LogP contribution in [0, 0.1) is 17.0 Å². The molecular formula is C17H21N3O3S. The molecule has 1 N–H and O–H groups in total. The van der Waals surface area contributed by atoms with Gasteiger partial charge in [-0.25, -0.2) is 0 Å². The second-order valence-electron chi connectivity index (χ2n) is 5.68. The third-order valence-corrected chi connectivity index (χ3v) is 5.13. The maximum absolute atomic E-state index is 12.2. The molecule has 1 aromatic carbocycles. The van der Waals surface area contributed by atoms with Crippen LogP contribution >= 0.6 is 11.3 Å². The normalized spacial score (nSPS) is 12.2. The highest BCUT2D eigenvalue weighted by molar-refractivity contribution is 7.10. The van der Waals surface area contributed by atoms with Crippen LogP contribution in [0.1, 0.15) is 29.8 Å². The zero-order valence-electron chi connectivity index (χ0n) is 14.0. The molecule has 0 bridgehead atoms. The summed E-state index contributed by atoms with van der Waals surface area (Å²) in [5, 5.41) is 15.8. The largest absolute Gasteiger partial charge is 0.326 e. The third kappa shape index (κ3) is 4.39. The van der Waals surface area contributed by atoms with Crippen LogP contribution in [-0.4, -0.2) is 29.3 Å². The number of amides is 1. The zero-order chi connectivity index (χ0) is 17.7. The van der Waals surface area contributed by atoms with E-state index in [4.69, 9.17) is 0 Å². The number of anilines is 1. The first-order chi connectivity index (χ1) is 11.4. The van der Waals surface area contributed by atoms with E-state index in [0.717, 1.165) is 0 Å². The molecule has 24 heavy (non-hydrogen) atoms. The molecule has 2 aromatic rings. The number of thiophene rings is 1. The smallest absolute Gasteiger partial charge is 0.274 e. The van der Waals surface area contributed by atoms with E-state index in [0.29, 0.717) is 24.2 Å². The number of nitro benzene ring substituents is 1. The topological polar surface area (TPSA) is 75.5 Å². The fourth-order valence-electron chi connectivity index (χ4n) is 2.39. The van der Waals surface area contributed by atoms with Crippen LogP contribution in [-0.2, 0) is 4.79 Å². The number of nitro groups is 1. The minimum Gasteiger partial charge on any atom is -0.326 e. The molecule has 0 spiro atoms. The minimum absolute atomic E-state index is 0.0104. The van der Waals surface area contributed by atoms with Crippen molar-refractivity contribution in [1.82, 2.24) is 4.90 Å². The Morgan fingerprint density at radius 1 is 1.38 bits per heavy atom. The van der Waals surface area contributed by atoms with Crippen LogP contribution in [0.5, 0.6) is 0 Å². The Morgan fingerprint density at radius 3 is 2.75 bits per heavy atom. The Morgan fingerprint density at radius 2 is 2.12 bits per heavy atom. The average molecular weight is 347 g/mol. The van der Waals surface area contributed by atoms with Crippen molar-refractivity contribution in [3.05, 3.63) is 56.3 Å². The lowest BCUT2D eigenvalue weighted by Crippen LogP contribution is -2.26. The Hall–Kier alpha value is -2.25. The molecule has 1 amide bonds. The molecule has 7 heteroatoms. The second-order valence-corrected chi connectivity index (χ2v) is 6.66. The van der Waals surface area contributed by atoms with Crippen molar-refractivity contribution < 1.29 is 9.72 Å². The molecule has 1 atom stereocenters. The van der Waals surface area contributed by atoms with Crippen LogP contribution in [0.4, 0.5) is 11.4 Å². The van der Waals surface area contributed by atoms with Gasteiger partial charge in [-0.1, -0.05) is 12.1 Å². The average Bonchev–Trinajstić information content (AvgIpc) is 3.08. The van der Waals surface area contributed by atoms with E-state index < -0.39 is 4.92 Å². The molecule has 0 unspecified atom stereocenters. The van der Waals surface area contributed by atoms with Gasteiger partial charge in [0.05, 0.1) is 16.2 Å². The molecule has 1 heterocycles. The second kappa shape index (κ2) is 8.03. The summed E-state index contributed by atoms with van der Waals surface area (Å²) in [5.41, 5.74) is 0.968. The molecule has 128 valence electrons. The first kappa shape index (κ1) is 18.1. The SMILES string of the molecule is Cc1c(NC(=O)CCN(C)[C@@H](C)c2cccs2)cccc1[N+](=O)[O-]. The summed E-state index contributed by atoms with van der Waals surface area (Å²) in [6.45, 7) is 4.35. The number of carbonyl (C=O) groups excluding carboxylic acids is 1. The van der Waals surface area contributed by atoms with Gasteiger partial charge in [0.2, 0.25) is 5.91 Å². The molecule has 2 rings (SSSR count). The number of hydrogen-bond acceptors (Lipinski definition) is 5. The van der Waals surface area contributed by atoms with E-state index in [1.165, 1.54) is 10.9 Å². The van der Waals surface area contributed by atoms with Gasteiger partial charge >= 0.3 is 0 Å². The van der Waals surface area contributed by atoms with E-state index >= 15 is 0 Å². The van der Waals surface area contributed by atoms with Crippen LogP contribution < -0.4 is 5.32 Å². The number of hydrogen-bond donors (Lipinski definition) is 1. The quantitative estimate of drug-likeness (QED) is 0.607. The molecule has 6 nitrogen and oxygen atoms in total.